The van der Waals surface area contributed by atoms with Crippen molar-refractivity contribution in [2.75, 3.05) is 13.1 Å². The lowest BCUT2D eigenvalue weighted by Crippen LogP contribution is -2.50. The third kappa shape index (κ3) is 4.42. The first-order valence-electron chi connectivity index (χ1n) is 9.49. The average molecular weight is 386 g/mol. The maximum atomic E-state index is 12.8. The second-order valence-corrected chi connectivity index (χ2v) is 7.80. The van der Waals surface area contributed by atoms with E-state index in [1.54, 1.807) is 6.20 Å². The van der Waals surface area contributed by atoms with Gasteiger partial charge in [-0.1, -0.05) is 29.8 Å². The van der Waals surface area contributed by atoms with E-state index in [1.807, 2.05) is 47.4 Å². The molecule has 0 spiro atoms. The molecule has 1 aliphatic carbocycles. The Balaban J connectivity index is 1.33. The van der Waals surface area contributed by atoms with Gasteiger partial charge in [0.1, 0.15) is 0 Å². The fourth-order valence-corrected chi connectivity index (χ4v) is 3.82. The van der Waals surface area contributed by atoms with Crippen LogP contribution in [0.1, 0.15) is 36.9 Å². The summed E-state index contributed by atoms with van der Waals surface area (Å²) in [6.07, 6.45) is 5.64. The number of carbonyl (C=O) groups excluding carboxylic acids is 1. The SMILES string of the molecule is O=C(NC1(c2cccc(Cl)c2)CC1)N1CCC[C@H](OCc2ccccn2)C1. The van der Waals surface area contributed by atoms with E-state index in [0.717, 1.165) is 43.5 Å². The van der Waals surface area contributed by atoms with Crippen molar-refractivity contribution in [3.8, 4) is 0 Å². The number of nitrogens with zero attached hydrogens (tertiary/aromatic N) is 2. The first kappa shape index (κ1) is 18.3. The molecule has 142 valence electrons. The third-order valence-electron chi connectivity index (χ3n) is 5.33. The van der Waals surface area contributed by atoms with Crippen LogP contribution in [0.3, 0.4) is 0 Å². The molecule has 1 aromatic heterocycles. The van der Waals surface area contributed by atoms with Crippen LogP contribution in [0.25, 0.3) is 0 Å². The van der Waals surface area contributed by atoms with Crippen LogP contribution in [-0.4, -0.2) is 35.1 Å². The van der Waals surface area contributed by atoms with Crippen molar-refractivity contribution in [3.05, 3.63) is 64.9 Å². The largest absolute Gasteiger partial charge is 0.370 e. The highest BCUT2D eigenvalue weighted by Crippen LogP contribution is 2.46. The molecule has 1 aromatic carbocycles. The Labute approximate surface area is 164 Å². The van der Waals surface area contributed by atoms with Crippen LogP contribution >= 0.6 is 11.6 Å². The van der Waals surface area contributed by atoms with E-state index in [0.29, 0.717) is 18.2 Å². The highest BCUT2D eigenvalue weighted by atomic mass is 35.5. The van der Waals surface area contributed by atoms with Crippen LogP contribution < -0.4 is 5.32 Å². The number of likely N-dealkylation sites (tertiary alicyclic amines) is 1. The van der Waals surface area contributed by atoms with Gasteiger partial charge in [-0.15, -0.1) is 0 Å². The maximum Gasteiger partial charge on any atom is 0.318 e. The number of hydrogen-bond acceptors (Lipinski definition) is 3. The minimum Gasteiger partial charge on any atom is -0.370 e. The second-order valence-electron chi connectivity index (χ2n) is 7.36. The Hall–Kier alpha value is -2.11. The number of urea groups is 1. The van der Waals surface area contributed by atoms with Gasteiger partial charge in [0.15, 0.2) is 0 Å². The van der Waals surface area contributed by atoms with Crippen molar-refractivity contribution in [1.82, 2.24) is 15.2 Å². The zero-order valence-electron chi connectivity index (χ0n) is 15.2. The number of piperidine rings is 1. The minimum atomic E-state index is -0.260. The number of nitrogens with one attached hydrogen (secondary N) is 1. The average Bonchev–Trinajstić information content (AvgIpc) is 3.48. The van der Waals surface area contributed by atoms with Crippen LogP contribution in [0.5, 0.6) is 0 Å². The van der Waals surface area contributed by atoms with E-state index in [-0.39, 0.29) is 17.7 Å². The number of benzene rings is 1. The van der Waals surface area contributed by atoms with Crippen LogP contribution in [0.4, 0.5) is 4.79 Å². The van der Waals surface area contributed by atoms with Gasteiger partial charge < -0.3 is 15.0 Å². The summed E-state index contributed by atoms with van der Waals surface area (Å²) < 4.78 is 5.99. The van der Waals surface area contributed by atoms with Gasteiger partial charge >= 0.3 is 6.03 Å². The van der Waals surface area contributed by atoms with Crippen molar-refractivity contribution in [2.24, 2.45) is 0 Å². The van der Waals surface area contributed by atoms with Gasteiger partial charge in [0.05, 0.1) is 23.9 Å². The first-order valence-corrected chi connectivity index (χ1v) is 9.87. The fourth-order valence-electron chi connectivity index (χ4n) is 3.63. The number of amides is 2. The van der Waals surface area contributed by atoms with Gasteiger partial charge in [0.2, 0.25) is 0 Å². The lowest BCUT2D eigenvalue weighted by Gasteiger charge is -2.34. The molecule has 2 heterocycles. The van der Waals surface area contributed by atoms with E-state index in [4.69, 9.17) is 16.3 Å². The molecular formula is C21H24ClN3O2. The Morgan fingerprint density at radius 1 is 1.30 bits per heavy atom. The molecule has 2 amide bonds. The normalized spacial score (nSPS) is 20.9. The molecule has 0 radical (unpaired) electrons. The van der Waals surface area contributed by atoms with Crippen molar-refractivity contribution in [2.45, 2.75) is 43.9 Å². The van der Waals surface area contributed by atoms with Crippen molar-refractivity contribution in [3.63, 3.8) is 0 Å². The van der Waals surface area contributed by atoms with Crippen molar-refractivity contribution >= 4 is 17.6 Å². The number of hydrogen-bond donors (Lipinski definition) is 1. The Morgan fingerprint density at radius 2 is 2.19 bits per heavy atom. The minimum absolute atomic E-state index is 0.0152. The van der Waals surface area contributed by atoms with E-state index in [9.17, 15) is 4.79 Å². The predicted molar refractivity (Wildman–Crippen MR) is 105 cm³/mol. The van der Waals surface area contributed by atoms with Gasteiger partial charge in [-0.2, -0.15) is 0 Å². The summed E-state index contributed by atoms with van der Waals surface area (Å²) in [4.78, 5) is 19.0. The zero-order valence-corrected chi connectivity index (χ0v) is 16.0. The molecule has 1 N–H and O–H groups in total. The second kappa shape index (κ2) is 7.87. The van der Waals surface area contributed by atoms with Crippen LogP contribution in [0.15, 0.2) is 48.7 Å². The summed E-state index contributed by atoms with van der Waals surface area (Å²) in [7, 11) is 0. The predicted octanol–water partition coefficient (Wildman–Crippen LogP) is 4.11. The van der Waals surface area contributed by atoms with E-state index in [2.05, 4.69) is 10.3 Å². The molecule has 1 saturated heterocycles. The van der Waals surface area contributed by atoms with Gasteiger partial charge in [0.25, 0.3) is 0 Å². The number of pyridine rings is 1. The van der Waals surface area contributed by atoms with Crippen molar-refractivity contribution in [1.29, 1.82) is 0 Å². The monoisotopic (exact) mass is 385 g/mol. The lowest BCUT2D eigenvalue weighted by molar-refractivity contribution is -0.00202. The fraction of sp³-hybridized carbons (Fsp3) is 0.429. The molecule has 2 aromatic rings. The molecule has 2 fully saturated rings. The number of carbonyl (C=O) groups is 1. The molecular weight excluding hydrogens is 362 g/mol. The molecule has 0 bridgehead atoms. The van der Waals surface area contributed by atoms with Gasteiger partial charge in [0, 0.05) is 24.3 Å². The molecule has 5 nitrogen and oxygen atoms in total. The summed E-state index contributed by atoms with van der Waals surface area (Å²) in [6.45, 7) is 1.86. The van der Waals surface area contributed by atoms with Gasteiger partial charge in [-0.25, -0.2) is 4.79 Å². The quantitative estimate of drug-likeness (QED) is 0.842. The standard InChI is InChI=1S/C21H24ClN3O2/c22-17-6-3-5-16(13-17)21(9-10-21)24-20(26)25-12-4-8-19(14-25)27-15-18-7-1-2-11-23-18/h1-3,5-7,11,13,19H,4,8-10,12,14-15H2,(H,24,26)/t19-/m0/s1. The molecule has 4 rings (SSSR count). The smallest absolute Gasteiger partial charge is 0.318 e. The Kier molecular flexibility index (Phi) is 5.32. The highest BCUT2D eigenvalue weighted by Gasteiger charge is 2.46. The van der Waals surface area contributed by atoms with E-state index in [1.165, 1.54) is 0 Å². The van der Waals surface area contributed by atoms with E-state index >= 15 is 0 Å². The number of halogens is 1. The first-order chi connectivity index (χ1) is 13.1. The maximum absolute atomic E-state index is 12.8. The summed E-state index contributed by atoms with van der Waals surface area (Å²) in [5.41, 5.74) is 1.74. The summed E-state index contributed by atoms with van der Waals surface area (Å²) >= 11 is 6.12. The molecule has 1 saturated carbocycles. The van der Waals surface area contributed by atoms with Gasteiger partial charge in [-0.3, -0.25) is 4.98 Å². The van der Waals surface area contributed by atoms with Crippen LogP contribution in [0, 0.1) is 0 Å². The molecule has 1 atom stereocenters. The molecule has 0 unspecified atom stereocenters. The number of rotatable bonds is 5. The molecule has 6 heteroatoms. The number of aromatic nitrogens is 1. The Bertz CT molecular complexity index is 795. The van der Waals surface area contributed by atoms with Crippen molar-refractivity contribution < 1.29 is 9.53 Å². The summed E-state index contributed by atoms with van der Waals surface area (Å²) in [5, 5.41) is 3.94. The molecule has 27 heavy (non-hydrogen) atoms. The Morgan fingerprint density at radius 3 is 2.93 bits per heavy atom. The molecule has 2 aliphatic rings. The van der Waals surface area contributed by atoms with Crippen LogP contribution in [0.2, 0.25) is 5.02 Å². The highest BCUT2D eigenvalue weighted by molar-refractivity contribution is 6.30. The zero-order chi connectivity index (χ0) is 18.7. The van der Waals surface area contributed by atoms with Gasteiger partial charge in [-0.05, 0) is 55.5 Å². The third-order valence-corrected chi connectivity index (χ3v) is 5.57. The molecule has 1 aliphatic heterocycles. The number of ether oxygens (including phenoxy) is 1. The topological polar surface area (TPSA) is 54.5 Å². The van der Waals surface area contributed by atoms with E-state index < -0.39 is 0 Å². The lowest BCUT2D eigenvalue weighted by atomic mass is 10.0. The van der Waals surface area contributed by atoms with Crippen LogP contribution in [-0.2, 0) is 16.9 Å². The summed E-state index contributed by atoms with van der Waals surface area (Å²) in [5.74, 6) is 0. The summed E-state index contributed by atoms with van der Waals surface area (Å²) in [6, 6.07) is 13.6.